The zero-order valence-corrected chi connectivity index (χ0v) is 8.88. The summed E-state index contributed by atoms with van der Waals surface area (Å²) in [7, 11) is 0. The number of rotatable bonds is 2. The van der Waals surface area contributed by atoms with E-state index < -0.39 is 5.97 Å². The van der Waals surface area contributed by atoms with Crippen molar-refractivity contribution >= 4 is 12.0 Å². The van der Waals surface area contributed by atoms with E-state index in [1.165, 1.54) is 0 Å². The van der Waals surface area contributed by atoms with Crippen molar-refractivity contribution in [3.8, 4) is 5.75 Å². The van der Waals surface area contributed by atoms with Gasteiger partial charge in [0, 0.05) is 11.6 Å². The van der Waals surface area contributed by atoms with Crippen molar-refractivity contribution in [2.45, 2.75) is 13.0 Å². The third-order valence-electron chi connectivity index (χ3n) is 2.43. The zero-order chi connectivity index (χ0) is 11.5. The second kappa shape index (κ2) is 4.23. The van der Waals surface area contributed by atoms with Crippen LogP contribution in [0, 0.1) is 0 Å². The molecule has 3 nitrogen and oxygen atoms in total. The van der Waals surface area contributed by atoms with Gasteiger partial charge in [0.1, 0.15) is 11.9 Å². The van der Waals surface area contributed by atoms with E-state index in [0.29, 0.717) is 0 Å². The molecule has 0 amide bonds. The minimum Gasteiger partial charge on any atom is -0.485 e. The molecular formula is C13H12O3. The first-order valence-electron chi connectivity index (χ1n) is 5.05. The van der Waals surface area contributed by atoms with Crippen LogP contribution in [0.3, 0.4) is 0 Å². The molecule has 1 aliphatic rings. The van der Waals surface area contributed by atoms with E-state index in [0.717, 1.165) is 23.0 Å². The lowest BCUT2D eigenvalue weighted by atomic mass is 10.0. The second-order valence-corrected chi connectivity index (χ2v) is 3.61. The van der Waals surface area contributed by atoms with E-state index in [2.05, 4.69) is 0 Å². The largest absolute Gasteiger partial charge is 0.485 e. The van der Waals surface area contributed by atoms with E-state index in [9.17, 15) is 4.79 Å². The number of para-hydroxylation sites is 1. The minimum atomic E-state index is -0.952. The Morgan fingerprint density at radius 2 is 2.19 bits per heavy atom. The lowest BCUT2D eigenvalue weighted by Gasteiger charge is -2.22. The van der Waals surface area contributed by atoms with Crippen molar-refractivity contribution < 1.29 is 14.6 Å². The van der Waals surface area contributed by atoms with Crippen LogP contribution in [0.15, 0.2) is 42.0 Å². The van der Waals surface area contributed by atoms with Crippen molar-refractivity contribution in [2.75, 3.05) is 0 Å². The third-order valence-corrected chi connectivity index (χ3v) is 2.43. The molecule has 1 N–H and O–H groups in total. The molecule has 1 aromatic carbocycles. The quantitative estimate of drug-likeness (QED) is 0.772. The summed E-state index contributed by atoms with van der Waals surface area (Å²) in [5, 5.41) is 8.57. The maximum absolute atomic E-state index is 10.4. The molecular weight excluding hydrogens is 204 g/mol. The molecule has 0 saturated heterocycles. The van der Waals surface area contributed by atoms with Crippen LogP contribution in [0.1, 0.15) is 12.5 Å². The number of hydrogen-bond acceptors (Lipinski definition) is 2. The predicted octanol–water partition coefficient (Wildman–Crippen LogP) is 2.49. The van der Waals surface area contributed by atoms with Crippen LogP contribution in [-0.2, 0) is 4.79 Å². The van der Waals surface area contributed by atoms with Crippen LogP contribution in [-0.4, -0.2) is 17.2 Å². The number of carbonyl (C=O) groups is 1. The van der Waals surface area contributed by atoms with Crippen molar-refractivity contribution in [2.24, 2.45) is 0 Å². The van der Waals surface area contributed by atoms with Gasteiger partial charge in [-0.1, -0.05) is 18.2 Å². The first-order chi connectivity index (χ1) is 7.66. The highest BCUT2D eigenvalue weighted by Gasteiger charge is 2.16. The molecule has 0 aliphatic carbocycles. The fraction of sp³-hybridized carbons (Fsp3) is 0.154. The number of carboxylic acid groups (broad SMARTS) is 1. The standard InChI is InChI=1S/C13H12O3/c1-9-10(6-7-13(14)15)8-11-4-2-3-5-12(11)16-9/h2-9H,1H3,(H,14,15)/t9-/m0/s1. The van der Waals surface area contributed by atoms with Gasteiger partial charge >= 0.3 is 5.97 Å². The van der Waals surface area contributed by atoms with Crippen molar-refractivity contribution in [3.63, 3.8) is 0 Å². The molecule has 1 aromatic rings. The van der Waals surface area contributed by atoms with Gasteiger partial charge in [-0.15, -0.1) is 0 Å². The van der Waals surface area contributed by atoms with E-state index in [1.807, 2.05) is 37.3 Å². The van der Waals surface area contributed by atoms with Crippen LogP contribution >= 0.6 is 0 Å². The number of aliphatic carboxylic acids is 1. The van der Waals surface area contributed by atoms with Gasteiger partial charge < -0.3 is 9.84 Å². The lowest BCUT2D eigenvalue weighted by Crippen LogP contribution is -2.17. The summed E-state index contributed by atoms with van der Waals surface area (Å²) in [6.07, 6.45) is 4.52. The Kier molecular flexibility index (Phi) is 2.77. The Morgan fingerprint density at radius 1 is 1.44 bits per heavy atom. The molecule has 0 spiro atoms. The maximum Gasteiger partial charge on any atom is 0.328 e. The molecule has 0 radical (unpaired) electrons. The maximum atomic E-state index is 10.4. The van der Waals surface area contributed by atoms with Crippen LogP contribution in [0.2, 0.25) is 0 Å². The number of hydrogen-bond donors (Lipinski definition) is 1. The third kappa shape index (κ3) is 2.14. The van der Waals surface area contributed by atoms with E-state index in [1.54, 1.807) is 6.08 Å². The summed E-state index contributed by atoms with van der Waals surface area (Å²) in [5.41, 5.74) is 1.84. The van der Waals surface area contributed by atoms with Gasteiger partial charge in [0.15, 0.2) is 0 Å². The number of benzene rings is 1. The van der Waals surface area contributed by atoms with Gasteiger partial charge in [-0.3, -0.25) is 0 Å². The van der Waals surface area contributed by atoms with E-state index >= 15 is 0 Å². The van der Waals surface area contributed by atoms with Gasteiger partial charge in [-0.25, -0.2) is 4.79 Å². The average Bonchev–Trinajstić information content (AvgIpc) is 2.26. The molecule has 82 valence electrons. The fourth-order valence-electron chi connectivity index (χ4n) is 1.61. The molecule has 16 heavy (non-hydrogen) atoms. The number of fused-ring (bicyclic) bond motifs is 1. The highest BCUT2D eigenvalue weighted by molar-refractivity contribution is 5.81. The van der Waals surface area contributed by atoms with Crippen LogP contribution in [0.25, 0.3) is 6.08 Å². The number of carboxylic acids is 1. The van der Waals surface area contributed by atoms with Crippen molar-refractivity contribution in [3.05, 3.63) is 47.6 Å². The Morgan fingerprint density at radius 3 is 2.94 bits per heavy atom. The SMILES string of the molecule is C[C@@H]1Oc2ccccc2C=C1C=CC(=O)O. The first kappa shape index (κ1) is 10.5. The van der Waals surface area contributed by atoms with Gasteiger partial charge in [0.2, 0.25) is 0 Å². The van der Waals surface area contributed by atoms with Gasteiger partial charge in [0.05, 0.1) is 0 Å². The van der Waals surface area contributed by atoms with Crippen molar-refractivity contribution in [1.29, 1.82) is 0 Å². The summed E-state index contributed by atoms with van der Waals surface area (Å²) >= 11 is 0. The monoisotopic (exact) mass is 216 g/mol. The summed E-state index contributed by atoms with van der Waals surface area (Å²) in [5.74, 6) is -0.116. The fourth-order valence-corrected chi connectivity index (χ4v) is 1.61. The van der Waals surface area contributed by atoms with Crippen LogP contribution < -0.4 is 4.74 Å². The molecule has 0 unspecified atom stereocenters. The molecule has 0 saturated carbocycles. The molecule has 3 heteroatoms. The Labute approximate surface area is 93.7 Å². The first-order valence-corrected chi connectivity index (χ1v) is 5.05. The zero-order valence-electron chi connectivity index (χ0n) is 8.88. The lowest BCUT2D eigenvalue weighted by molar-refractivity contribution is -0.131. The molecule has 0 bridgehead atoms. The molecule has 2 rings (SSSR count). The second-order valence-electron chi connectivity index (χ2n) is 3.61. The normalized spacial score (nSPS) is 18.8. The van der Waals surface area contributed by atoms with Crippen LogP contribution in [0.4, 0.5) is 0 Å². The summed E-state index contributed by atoms with van der Waals surface area (Å²) in [6.45, 7) is 1.90. The number of ether oxygens (including phenoxy) is 1. The van der Waals surface area contributed by atoms with Crippen LogP contribution in [0.5, 0.6) is 5.75 Å². The molecule has 0 aromatic heterocycles. The molecule has 1 atom stereocenters. The van der Waals surface area contributed by atoms with Crippen molar-refractivity contribution in [1.82, 2.24) is 0 Å². The molecule has 0 fully saturated rings. The van der Waals surface area contributed by atoms with Gasteiger partial charge in [0.25, 0.3) is 0 Å². The predicted molar refractivity (Wildman–Crippen MR) is 61.3 cm³/mol. The molecule has 1 aliphatic heterocycles. The topological polar surface area (TPSA) is 46.5 Å². The summed E-state index contributed by atoms with van der Waals surface area (Å²) < 4.78 is 5.66. The highest BCUT2D eigenvalue weighted by atomic mass is 16.5. The minimum absolute atomic E-state index is 0.120. The Bertz CT molecular complexity index is 472. The smallest absolute Gasteiger partial charge is 0.328 e. The van der Waals surface area contributed by atoms with Gasteiger partial charge in [-0.2, -0.15) is 0 Å². The summed E-state index contributed by atoms with van der Waals surface area (Å²) in [6, 6.07) is 7.68. The molecule has 1 heterocycles. The van der Waals surface area contributed by atoms with Gasteiger partial charge in [-0.05, 0) is 30.7 Å². The highest BCUT2D eigenvalue weighted by Crippen LogP contribution is 2.29. The average molecular weight is 216 g/mol. The Balaban J connectivity index is 2.34. The summed E-state index contributed by atoms with van der Waals surface area (Å²) in [4.78, 5) is 10.4. The van der Waals surface area contributed by atoms with E-state index in [4.69, 9.17) is 9.84 Å². The Hall–Kier alpha value is -2.03. The van der Waals surface area contributed by atoms with E-state index in [-0.39, 0.29) is 6.10 Å².